The first-order chi connectivity index (χ1) is 9.33. The second-order valence-corrected chi connectivity index (χ2v) is 5.99. The van der Waals surface area contributed by atoms with Crippen molar-refractivity contribution in [3.05, 3.63) is 0 Å². The summed E-state index contributed by atoms with van der Waals surface area (Å²) >= 11 is 0. The van der Waals surface area contributed by atoms with Crippen molar-refractivity contribution in [2.45, 2.75) is 50.3 Å². The van der Waals surface area contributed by atoms with Crippen LogP contribution >= 0.6 is 0 Å². The Labute approximate surface area is 115 Å². The molecule has 19 heavy (non-hydrogen) atoms. The second kappa shape index (κ2) is 6.20. The molecule has 3 aliphatic heterocycles. The van der Waals surface area contributed by atoms with Crippen molar-refractivity contribution in [1.82, 2.24) is 15.5 Å². The molecule has 3 saturated heterocycles. The number of nitrogens with zero attached hydrogens (tertiary/aromatic N) is 1. The lowest BCUT2D eigenvalue weighted by Gasteiger charge is -2.42. The van der Waals surface area contributed by atoms with Crippen molar-refractivity contribution < 1.29 is 9.53 Å². The van der Waals surface area contributed by atoms with Crippen molar-refractivity contribution in [1.29, 1.82) is 0 Å². The van der Waals surface area contributed by atoms with Gasteiger partial charge in [0.2, 0.25) is 5.91 Å². The lowest BCUT2D eigenvalue weighted by Crippen LogP contribution is -2.55. The third-order valence-electron chi connectivity index (χ3n) is 4.59. The van der Waals surface area contributed by atoms with Gasteiger partial charge in [0, 0.05) is 19.1 Å². The number of ether oxygens (including phenoxy) is 1. The highest BCUT2D eigenvalue weighted by molar-refractivity contribution is 5.82. The highest BCUT2D eigenvalue weighted by Gasteiger charge is 2.31. The third-order valence-corrected chi connectivity index (χ3v) is 4.59. The van der Waals surface area contributed by atoms with Gasteiger partial charge in [-0.1, -0.05) is 6.42 Å². The predicted octanol–water partition coefficient (Wildman–Crippen LogP) is 0.108. The van der Waals surface area contributed by atoms with Crippen molar-refractivity contribution in [2.75, 3.05) is 32.8 Å². The molecule has 3 rings (SSSR count). The number of piperidine rings is 1. The quantitative estimate of drug-likeness (QED) is 0.762. The number of amides is 1. The van der Waals surface area contributed by atoms with Crippen LogP contribution in [0.25, 0.3) is 0 Å². The molecule has 3 heterocycles. The van der Waals surface area contributed by atoms with E-state index >= 15 is 0 Å². The molecule has 2 N–H and O–H groups in total. The van der Waals surface area contributed by atoms with E-state index in [0.717, 1.165) is 32.5 Å². The summed E-state index contributed by atoms with van der Waals surface area (Å²) in [5, 5.41) is 6.26. The number of rotatable bonds is 3. The Morgan fingerprint density at radius 2 is 2.26 bits per heavy atom. The van der Waals surface area contributed by atoms with Crippen LogP contribution in [0.1, 0.15) is 32.1 Å². The first-order valence-electron chi connectivity index (χ1n) is 7.69. The fourth-order valence-corrected chi connectivity index (χ4v) is 3.42. The number of carbonyl (C=O) groups excluding carboxylic acids is 1. The third kappa shape index (κ3) is 3.27. The molecule has 5 nitrogen and oxygen atoms in total. The monoisotopic (exact) mass is 267 g/mol. The number of fused-ring (bicyclic) bond motifs is 1. The topological polar surface area (TPSA) is 53.6 Å². The Balaban J connectivity index is 1.41. The van der Waals surface area contributed by atoms with E-state index in [9.17, 15) is 4.79 Å². The average molecular weight is 267 g/mol. The molecule has 3 aliphatic rings. The zero-order valence-electron chi connectivity index (χ0n) is 11.6. The van der Waals surface area contributed by atoms with Gasteiger partial charge in [0.15, 0.2) is 0 Å². The summed E-state index contributed by atoms with van der Waals surface area (Å²) in [6.45, 7) is 4.63. The van der Waals surface area contributed by atoms with E-state index in [4.69, 9.17) is 4.74 Å². The normalized spacial score (nSPS) is 35.9. The molecule has 0 aliphatic carbocycles. The highest BCUT2D eigenvalue weighted by Crippen LogP contribution is 2.21. The number of hydrogen-bond donors (Lipinski definition) is 2. The van der Waals surface area contributed by atoms with Gasteiger partial charge in [-0.2, -0.15) is 0 Å². The van der Waals surface area contributed by atoms with Gasteiger partial charge in [-0.05, 0) is 38.8 Å². The molecule has 5 heteroatoms. The molecule has 3 atom stereocenters. The summed E-state index contributed by atoms with van der Waals surface area (Å²) < 4.78 is 5.88. The van der Waals surface area contributed by atoms with Crippen molar-refractivity contribution in [3.8, 4) is 0 Å². The van der Waals surface area contributed by atoms with Crippen molar-refractivity contribution in [3.63, 3.8) is 0 Å². The fraction of sp³-hybridized carbons (Fsp3) is 0.929. The van der Waals surface area contributed by atoms with Gasteiger partial charge >= 0.3 is 0 Å². The Bertz CT molecular complexity index is 318. The van der Waals surface area contributed by atoms with Crippen LogP contribution < -0.4 is 10.6 Å². The largest absolute Gasteiger partial charge is 0.373 e. The van der Waals surface area contributed by atoms with Crippen LogP contribution in [-0.4, -0.2) is 61.8 Å². The number of nitrogens with one attached hydrogen (secondary N) is 2. The molecule has 0 aromatic carbocycles. The van der Waals surface area contributed by atoms with Crippen molar-refractivity contribution >= 4 is 5.91 Å². The van der Waals surface area contributed by atoms with Gasteiger partial charge in [-0.15, -0.1) is 0 Å². The van der Waals surface area contributed by atoms with Crippen LogP contribution in [0.4, 0.5) is 0 Å². The van der Waals surface area contributed by atoms with Crippen LogP contribution in [0, 0.1) is 0 Å². The molecular weight excluding hydrogens is 242 g/mol. The number of morpholine rings is 1. The van der Waals surface area contributed by atoms with Gasteiger partial charge in [-0.25, -0.2) is 0 Å². The zero-order chi connectivity index (χ0) is 13.1. The van der Waals surface area contributed by atoms with Gasteiger partial charge in [0.1, 0.15) is 0 Å². The minimum Gasteiger partial charge on any atom is -0.373 e. The van der Waals surface area contributed by atoms with E-state index in [0.29, 0.717) is 12.6 Å². The number of carbonyl (C=O) groups is 1. The van der Waals surface area contributed by atoms with Crippen LogP contribution in [0.3, 0.4) is 0 Å². The first kappa shape index (κ1) is 13.3. The predicted molar refractivity (Wildman–Crippen MR) is 73.0 cm³/mol. The van der Waals surface area contributed by atoms with Crippen LogP contribution in [-0.2, 0) is 9.53 Å². The summed E-state index contributed by atoms with van der Waals surface area (Å²) in [6, 6.07) is 0.642. The molecule has 0 radical (unpaired) electrons. The minimum absolute atomic E-state index is 0.0197. The molecular formula is C14H25N3O2. The van der Waals surface area contributed by atoms with E-state index in [2.05, 4.69) is 15.5 Å². The van der Waals surface area contributed by atoms with Crippen LogP contribution in [0.5, 0.6) is 0 Å². The molecule has 0 spiro atoms. The summed E-state index contributed by atoms with van der Waals surface area (Å²) in [6.07, 6.45) is 6.14. The molecule has 0 unspecified atom stereocenters. The Hall–Kier alpha value is -0.650. The standard InChI is InChI=1S/C14H25N3O2/c18-14(13-5-3-6-15-13)16-8-12-9-17-7-2-1-4-11(17)10-19-12/h11-13,15H,1-10H2,(H,16,18)/t11-,12+,13-/m0/s1. The van der Waals surface area contributed by atoms with Gasteiger partial charge in [-0.3, -0.25) is 9.69 Å². The smallest absolute Gasteiger partial charge is 0.237 e. The Kier molecular flexibility index (Phi) is 4.35. The van der Waals surface area contributed by atoms with Gasteiger partial charge in [0.05, 0.1) is 18.8 Å². The summed E-state index contributed by atoms with van der Waals surface area (Å²) in [4.78, 5) is 14.5. The van der Waals surface area contributed by atoms with Crippen LogP contribution in [0.15, 0.2) is 0 Å². The van der Waals surface area contributed by atoms with E-state index in [1.165, 1.54) is 25.8 Å². The zero-order valence-corrected chi connectivity index (χ0v) is 11.6. The lowest BCUT2D eigenvalue weighted by molar-refractivity contribution is -0.124. The van der Waals surface area contributed by atoms with Gasteiger partial charge < -0.3 is 15.4 Å². The lowest BCUT2D eigenvalue weighted by atomic mass is 10.0. The van der Waals surface area contributed by atoms with E-state index in [1.807, 2.05) is 0 Å². The van der Waals surface area contributed by atoms with E-state index < -0.39 is 0 Å². The molecule has 0 aromatic heterocycles. The maximum Gasteiger partial charge on any atom is 0.237 e. The van der Waals surface area contributed by atoms with Crippen LogP contribution in [0.2, 0.25) is 0 Å². The highest BCUT2D eigenvalue weighted by atomic mass is 16.5. The Morgan fingerprint density at radius 3 is 3.11 bits per heavy atom. The van der Waals surface area contributed by atoms with E-state index in [-0.39, 0.29) is 18.1 Å². The van der Waals surface area contributed by atoms with Gasteiger partial charge in [0.25, 0.3) is 0 Å². The van der Waals surface area contributed by atoms with Crippen molar-refractivity contribution in [2.24, 2.45) is 0 Å². The molecule has 3 fully saturated rings. The maximum atomic E-state index is 11.9. The second-order valence-electron chi connectivity index (χ2n) is 5.99. The summed E-state index contributed by atoms with van der Waals surface area (Å²) in [5.41, 5.74) is 0. The minimum atomic E-state index is 0.0197. The fourth-order valence-electron chi connectivity index (χ4n) is 3.42. The van der Waals surface area contributed by atoms with E-state index in [1.54, 1.807) is 0 Å². The first-order valence-corrected chi connectivity index (χ1v) is 7.69. The molecule has 0 aromatic rings. The number of hydrogen-bond acceptors (Lipinski definition) is 4. The summed E-state index contributed by atoms with van der Waals surface area (Å²) in [7, 11) is 0. The maximum absolute atomic E-state index is 11.9. The Morgan fingerprint density at radius 1 is 1.32 bits per heavy atom. The molecule has 108 valence electrons. The summed E-state index contributed by atoms with van der Waals surface area (Å²) in [5.74, 6) is 0.141. The molecule has 1 amide bonds. The average Bonchev–Trinajstić information content (AvgIpc) is 2.99. The SMILES string of the molecule is O=C(NC[C@@H]1CN2CCCC[C@H]2CO1)[C@@H]1CCCN1. The molecule has 0 saturated carbocycles. The molecule has 0 bridgehead atoms.